The van der Waals surface area contributed by atoms with Crippen LogP contribution in [-0.2, 0) is 17.7 Å². The molecule has 0 aliphatic carbocycles. The van der Waals surface area contributed by atoms with Gasteiger partial charge in [-0.25, -0.2) is 14.8 Å². The Morgan fingerprint density at radius 2 is 2.16 bits per heavy atom. The molecule has 132 valence electrons. The number of hydrogen-bond acceptors (Lipinski definition) is 5. The van der Waals surface area contributed by atoms with Gasteiger partial charge in [0.2, 0.25) is 5.95 Å². The van der Waals surface area contributed by atoms with Crippen LogP contribution in [-0.4, -0.2) is 33.1 Å². The van der Waals surface area contributed by atoms with Gasteiger partial charge in [-0.3, -0.25) is 0 Å². The zero-order chi connectivity index (χ0) is 18.0. The van der Waals surface area contributed by atoms with Crippen LogP contribution < -0.4 is 5.32 Å². The molecule has 7 heteroatoms. The van der Waals surface area contributed by atoms with E-state index in [4.69, 9.17) is 16.3 Å². The number of aromatic nitrogens is 2. The molecule has 25 heavy (non-hydrogen) atoms. The van der Waals surface area contributed by atoms with E-state index in [2.05, 4.69) is 15.3 Å². The number of carbonyl (C=O) groups excluding carboxylic acids is 1. The summed E-state index contributed by atoms with van der Waals surface area (Å²) in [5.74, 6) is 0.520. The van der Waals surface area contributed by atoms with Crippen molar-refractivity contribution in [2.24, 2.45) is 0 Å². The van der Waals surface area contributed by atoms with Crippen molar-refractivity contribution in [1.29, 1.82) is 0 Å². The third kappa shape index (κ3) is 4.60. The fourth-order valence-corrected chi connectivity index (χ4v) is 2.74. The van der Waals surface area contributed by atoms with Crippen LogP contribution in [0.4, 0.5) is 16.4 Å². The summed E-state index contributed by atoms with van der Waals surface area (Å²) < 4.78 is 5.43. The number of anilines is 2. The minimum Gasteiger partial charge on any atom is -0.444 e. The Kier molecular flexibility index (Phi) is 4.81. The highest BCUT2D eigenvalue weighted by Crippen LogP contribution is 2.22. The number of benzene rings is 1. The molecule has 1 aromatic heterocycles. The Balaban J connectivity index is 1.70. The molecule has 0 bridgehead atoms. The van der Waals surface area contributed by atoms with E-state index in [9.17, 15) is 4.79 Å². The molecule has 1 amide bonds. The summed E-state index contributed by atoms with van der Waals surface area (Å²) >= 11 is 5.99. The van der Waals surface area contributed by atoms with Crippen molar-refractivity contribution < 1.29 is 9.53 Å². The summed E-state index contributed by atoms with van der Waals surface area (Å²) in [6.07, 6.45) is 2.12. The maximum atomic E-state index is 12.2. The molecule has 0 fully saturated rings. The molecule has 2 aromatic rings. The van der Waals surface area contributed by atoms with E-state index in [-0.39, 0.29) is 6.09 Å². The number of nitrogens with zero attached hydrogens (tertiary/aromatic N) is 3. The van der Waals surface area contributed by atoms with Gasteiger partial charge in [0.05, 0.1) is 12.2 Å². The molecule has 1 N–H and O–H groups in total. The predicted molar refractivity (Wildman–Crippen MR) is 97.1 cm³/mol. The fourth-order valence-electron chi connectivity index (χ4n) is 2.55. The molecular weight excluding hydrogens is 340 g/mol. The molecule has 0 unspecified atom stereocenters. The van der Waals surface area contributed by atoms with Gasteiger partial charge in [-0.15, -0.1) is 0 Å². The van der Waals surface area contributed by atoms with Crippen LogP contribution in [0.15, 0.2) is 30.5 Å². The Bertz CT molecular complexity index is 789. The monoisotopic (exact) mass is 360 g/mol. The highest BCUT2D eigenvalue weighted by Gasteiger charge is 2.26. The highest BCUT2D eigenvalue weighted by atomic mass is 35.5. The SMILES string of the molecule is CC(C)(C)OC(=O)N1CCc2nc(Nc3cccc(Cl)c3)ncc2C1. The lowest BCUT2D eigenvalue weighted by Gasteiger charge is -2.30. The first kappa shape index (κ1) is 17.5. The first-order chi connectivity index (χ1) is 11.8. The smallest absolute Gasteiger partial charge is 0.410 e. The minimum absolute atomic E-state index is 0.306. The number of amides is 1. The topological polar surface area (TPSA) is 67.3 Å². The largest absolute Gasteiger partial charge is 0.444 e. The normalized spacial score (nSPS) is 14.0. The number of carbonyl (C=O) groups is 1. The van der Waals surface area contributed by atoms with E-state index in [1.807, 2.05) is 45.0 Å². The highest BCUT2D eigenvalue weighted by molar-refractivity contribution is 6.30. The van der Waals surface area contributed by atoms with Crippen molar-refractivity contribution in [2.45, 2.75) is 39.3 Å². The maximum absolute atomic E-state index is 12.2. The van der Waals surface area contributed by atoms with Gasteiger partial charge in [-0.1, -0.05) is 17.7 Å². The summed E-state index contributed by atoms with van der Waals surface area (Å²) in [6.45, 7) is 6.62. The van der Waals surface area contributed by atoms with Crippen LogP contribution in [0.25, 0.3) is 0 Å². The van der Waals surface area contributed by atoms with E-state index < -0.39 is 5.60 Å². The third-order valence-electron chi connectivity index (χ3n) is 3.67. The molecule has 0 atom stereocenters. The van der Waals surface area contributed by atoms with Gasteiger partial charge in [0, 0.05) is 35.4 Å². The number of halogens is 1. The second kappa shape index (κ2) is 6.88. The van der Waals surface area contributed by atoms with E-state index in [1.54, 1.807) is 11.1 Å². The lowest BCUT2D eigenvalue weighted by atomic mass is 10.1. The second-order valence-corrected chi connectivity index (χ2v) is 7.39. The van der Waals surface area contributed by atoms with Crippen molar-refractivity contribution in [1.82, 2.24) is 14.9 Å². The van der Waals surface area contributed by atoms with E-state index in [0.29, 0.717) is 30.5 Å². The second-order valence-electron chi connectivity index (χ2n) is 6.95. The Morgan fingerprint density at radius 3 is 2.88 bits per heavy atom. The van der Waals surface area contributed by atoms with Crippen molar-refractivity contribution >= 4 is 29.3 Å². The molecule has 6 nitrogen and oxygen atoms in total. The van der Waals surface area contributed by atoms with Crippen molar-refractivity contribution in [2.75, 3.05) is 11.9 Å². The van der Waals surface area contributed by atoms with Crippen LogP contribution in [0.1, 0.15) is 32.0 Å². The summed E-state index contributed by atoms with van der Waals surface area (Å²) in [5, 5.41) is 3.80. The number of fused-ring (bicyclic) bond motifs is 1. The van der Waals surface area contributed by atoms with Crippen molar-refractivity contribution in [3.05, 3.63) is 46.7 Å². The molecule has 1 aromatic carbocycles. The molecular formula is C18H21ClN4O2. The average molecular weight is 361 g/mol. The first-order valence-electron chi connectivity index (χ1n) is 8.15. The number of nitrogens with one attached hydrogen (secondary N) is 1. The van der Waals surface area contributed by atoms with E-state index >= 15 is 0 Å². The van der Waals surface area contributed by atoms with Crippen LogP contribution in [0.2, 0.25) is 5.02 Å². The molecule has 3 rings (SSSR count). The van der Waals surface area contributed by atoms with Crippen LogP contribution >= 0.6 is 11.6 Å². The van der Waals surface area contributed by atoms with Gasteiger partial charge in [0.15, 0.2) is 0 Å². The molecule has 0 radical (unpaired) electrons. The van der Waals surface area contributed by atoms with Crippen LogP contribution in [0.3, 0.4) is 0 Å². The van der Waals surface area contributed by atoms with E-state index in [0.717, 1.165) is 16.9 Å². The molecule has 0 spiro atoms. The standard InChI is InChI=1S/C18H21ClN4O2/c1-18(2,3)25-17(24)23-8-7-15-12(11-23)10-20-16(22-15)21-14-6-4-5-13(19)9-14/h4-6,9-10H,7-8,11H2,1-3H3,(H,20,21,22). The molecule has 1 aliphatic heterocycles. The summed E-state index contributed by atoms with van der Waals surface area (Å²) in [6, 6.07) is 7.39. The molecule has 0 saturated carbocycles. The van der Waals surface area contributed by atoms with Crippen molar-refractivity contribution in [3.63, 3.8) is 0 Å². The summed E-state index contributed by atoms with van der Waals surface area (Å²) in [4.78, 5) is 22.8. The van der Waals surface area contributed by atoms with Gasteiger partial charge in [-0.2, -0.15) is 0 Å². The molecule has 0 saturated heterocycles. The Labute approximate surface area is 152 Å². The van der Waals surface area contributed by atoms with Crippen LogP contribution in [0, 0.1) is 0 Å². The molecule has 2 heterocycles. The number of rotatable bonds is 2. The Hall–Kier alpha value is -2.34. The predicted octanol–water partition coefficient (Wildman–Crippen LogP) is 4.17. The van der Waals surface area contributed by atoms with Gasteiger partial charge < -0.3 is 15.0 Å². The third-order valence-corrected chi connectivity index (χ3v) is 3.90. The Morgan fingerprint density at radius 1 is 1.36 bits per heavy atom. The first-order valence-corrected chi connectivity index (χ1v) is 8.53. The van der Waals surface area contributed by atoms with Gasteiger partial charge in [0.1, 0.15) is 5.60 Å². The van der Waals surface area contributed by atoms with E-state index in [1.165, 1.54) is 0 Å². The zero-order valence-electron chi connectivity index (χ0n) is 14.5. The van der Waals surface area contributed by atoms with Gasteiger partial charge >= 0.3 is 6.09 Å². The van der Waals surface area contributed by atoms with Gasteiger partial charge in [-0.05, 0) is 39.0 Å². The minimum atomic E-state index is -0.501. The lowest BCUT2D eigenvalue weighted by Crippen LogP contribution is -2.40. The summed E-state index contributed by atoms with van der Waals surface area (Å²) in [5.41, 5.74) is 2.21. The molecule has 1 aliphatic rings. The lowest BCUT2D eigenvalue weighted by molar-refractivity contribution is 0.0222. The number of hydrogen-bond donors (Lipinski definition) is 1. The number of ether oxygens (including phenoxy) is 1. The summed E-state index contributed by atoms with van der Waals surface area (Å²) in [7, 11) is 0. The quantitative estimate of drug-likeness (QED) is 0.870. The van der Waals surface area contributed by atoms with Gasteiger partial charge in [0.25, 0.3) is 0 Å². The average Bonchev–Trinajstić information content (AvgIpc) is 2.53. The fraction of sp³-hybridized carbons (Fsp3) is 0.389. The maximum Gasteiger partial charge on any atom is 0.410 e. The zero-order valence-corrected chi connectivity index (χ0v) is 15.3. The van der Waals surface area contributed by atoms with Crippen LogP contribution in [0.5, 0.6) is 0 Å². The van der Waals surface area contributed by atoms with Crippen molar-refractivity contribution in [3.8, 4) is 0 Å².